The number of likely N-dealkylation sites (tertiary alicyclic amines) is 1. The summed E-state index contributed by atoms with van der Waals surface area (Å²) in [5.41, 5.74) is 1.69. The van der Waals surface area contributed by atoms with Crippen molar-refractivity contribution in [1.29, 1.82) is 0 Å². The van der Waals surface area contributed by atoms with Crippen LogP contribution in [0.2, 0.25) is 0 Å². The second kappa shape index (κ2) is 8.03. The van der Waals surface area contributed by atoms with Gasteiger partial charge in [-0.2, -0.15) is 0 Å². The highest BCUT2D eigenvalue weighted by Crippen LogP contribution is 2.35. The SMILES string of the molecule is O=C(C1CCC1)N1CCCCC1c1nc2c(c(=O)[nH]1)CN(Cc1cccs1)CC2. The zero-order valence-electron chi connectivity index (χ0n) is 16.7. The first kappa shape index (κ1) is 19.0. The highest BCUT2D eigenvalue weighted by molar-refractivity contribution is 7.09. The molecule has 2 fully saturated rings. The third-order valence-electron chi connectivity index (χ3n) is 6.68. The van der Waals surface area contributed by atoms with Gasteiger partial charge in [0, 0.05) is 43.4 Å². The van der Waals surface area contributed by atoms with Crippen molar-refractivity contribution in [3.63, 3.8) is 0 Å². The molecule has 0 aromatic carbocycles. The van der Waals surface area contributed by atoms with Crippen LogP contribution in [0.1, 0.15) is 66.5 Å². The fraction of sp³-hybridized carbons (Fsp3) is 0.591. The predicted octanol–water partition coefficient (Wildman–Crippen LogP) is 3.24. The van der Waals surface area contributed by atoms with Crippen molar-refractivity contribution in [2.75, 3.05) is 13.1 Å². The average Bonchev–Trinajstić information content (AvgIpc) is 3.20. The Hall–Kier alpha value is -1.99. The molecule has 0 spiro atoms. The smallest absolute Gasteiger partial charge is 0.255 e. The molecule has 2 aliphatic heterocycles. The van der Waals surface area contributed by atoms with Gasteiger partial charge in [0.25, 0.3) is 5.56 Å². The first-order chi connectivity index (χ1) is 14.2. The molecular formula is C22H28N4O2S. The maximum absolute atomic E-state index is 12.9. The van der Waals surface area contributed by atoms with E-state index < -0.39 is 0 Å². The number of hydrogen-bond acceptors (Lipinski definition) is 5. The lowest BCUT2D eigenvalue weighted by molar-refractivity contribution is -0.142. The molecule has 154 valence electrons. The predicted molar refractivity (Wildman–Crippen MR) is 113 cm³/mol. The molecular weight excluding hydrogens is 384 g/mol. The lowest BCUT2D eigenvalue weighted by Crippen LogP contribution is -2.45. The molecule has 1 saturated heterocycles. The van der Waals surface area contributed by atoms with Gasteiger partial charge < -0.3 is 9.88 Å². The number of H-pyrrole nitrogens is 1. The molecule has 0 radical (unpaired) electrons. The van der Waals surface area contributed by atoms with E-state index in [4.69, 9.17) is 4.98 Å². The van der Waals surface area contributed by atoms with Crippen LogP contribution in [0.5, 0.6) is 0 Å². The van der Waals surface area contributed by atoms with Gasteiger partial charge in [-0.15, -0.1) is 11.3 Å². The zero-order valence-corrected chi connectivity index (χ0v) is 17.5. The Bertz CT molecular complexity index is 935. The molecule has 2 aromatic rings. The molecule has 1 aliphatic carbocycles. The Labute approximate surface area is 175 Å². The van der Waals surface area contributed by atoms with Crippen LogP contribution in [0.25, 0.3) is 0 Å². The third-order valence-corrected chi connectivity index (χ3v) is 7.54. The van der Waals surface area contributed by atoms with Crippen molar-refractivity contribution in [3.8, 4) is 0 Å². The van der Waals surface area contributed by atoms with Gasteiger partial charge in [-0.05, 0) is 43.6 Å². The van der Waals surface area contributed by atoms with Crippen LogP contribution in [-0.4, -0.2) is 38.8 Å². The molecule has 2 aromatic heterocycles. The fourth-order valence-electron chi connectivity index (χ4n) is 4.79. The number of piperidine rings is 1. The Morgan fingerprint density at radius 1 is 1.21 bits per heavy atom. The van der Waals surface area contributed by atoms with Gasteiger partial charge >= 0.3 is 0 Å². The molecule has 5 rings (SSSR count). The van der Waals surface area contributed by atoms with E-state index in [0.717, 1.165) is 75.8 Å². The Morgan fingerprint density at radius 2 is 2.10 bits per heavy atom. The first-order valence-corrected chi connectivity index (χ1v) is 11.7. The lowest BCUT2D eigenvalue weighted by Gasteiger charge is -2.39. The van der Waals surface area contributed by atoms with Crippen molar-refractivity contribution in [1.82, 2.24) is 19.8 Å². The fourth-order valence-corrected chi connectivity index (χ4v) is 5.53. The van der Waals surface area contributed by atoms with Crippen molar-refractivity contribution in [3.05, 3.63) is 49.8 Å². The van der Waals surface area contributed by atoms with Crippen molar-refractivity contribution in [2.45, 2.75) is 64.1 Å². The molecule has 7 heteroatoms. The van der Waals surface area contributed by atoms with Crippen LogP contribution >= 0.6 is 11.3 Å². The Morgan fingerprint density at radius 3 is 2.86 bits per heavy atom. The third kappa shape index (κ3) is 3.78. The molecule has 6 nitrogen and oxygen atoms in total. The molecule has 1 atom stereocenters. The van der Waals surface area contributed by atoms with Crippen LogP contribution in [0.4, 0.5) is 0 Å². The summed E-state index contributed by atoms with van der Waals surface area (Å²) < 4.78 is 0. The number of rotatable bonds is 4. The number of carbonyl (C=O) groups excluding carboxylic acids is 1. The number of aromatic nitrogens is 2. The number of amides is 1. The van der Waals surface area contributed by atoms with E-state index in [1.165, 1.54) is 4.88 Å². The van der Waals surface area contributed by atoms with Crippen LogP contribution < -0.4 is 5.56 Å². The number of carbonyl (C=O) groups is 1. The first-order valence-electron chi connectivity index (χ1n) is 10.9. The van der Waals surface area contributed by atoms with Gasteiger partial charge in [-0.1, -0.05) is 12.5 Å². The van der Waals surface area contributed by atoms with E-state index in [9.17, 15) is 9.59 Å². The second-order valence-corrected chi connectivity index (χ2v) is 9.62. The number of aromatic amines is 1. The number of hydrogen-bond donors (Lipinski definition) is 1. The molecule has 1 unspecified atom stereocenters. The monoisotopic (exact) mass is 412 g/mol. The van der Waals surface area contributed by atoms with E-state index in [-0.39, 0.29) is 23.4 Å². The molecule has 1 amide bonds. The van der Waals surface area contributed by atoms with Gasteiger partial charge in [0.15, 0.2) is 0 Å². The van der Waals surface area contributed by atoms with E-state index in [0.29, 0.717) is 12.4 Å². The van der Waals surface area contributed by atoms with Gasteiger partial charge in [0.1, 0.15) is 5.82 Å². The van der Waals surface area contributed by atoms with Crippen LogP contribution in [0.15, 0.2) is 22.3 Å². The highest BCUT2D eigenvalue weighted by Gasteiger charge is 2.36. The molecule has 1 N–H and O–H groups in total. The Kier molecular flexibility index (Phi) is 5.26. The number of thiophene rings is 1. The summed E-state index contributed by atoms with van der Waals surface area (Å²) in [6, 6.07) is 4.14. The minimum atomic E-state index is -0.0704. The summed E-state index contributed by atoms with van der Waals surface area (Å²) in [5.74, 6) is 1.15. The summed E-state index contributed by atoms with van der Waals surface area (Å²) in [6.07, 6.45) is 6.99. The Balaban J connectivity index is 1.37. The molecule has 3 aliphatic rings. The maximum Gasteiger partial charge on any atom is 0.255 e. The van der Waals surface area contributed by atoms with Gasteiger partial charge in [-0.3, -0.25) is 14.5 Å². The average molecular weight is 413 g/mol. The van der Waals surface area contributed by atoms with Gasteiger partial charge in [-0.25, -0.2) is 4.98 Å². The quantitative estimate of drug-likeness (QED) is 0.837. The summed E-state index contributed by atoms with van der Waals surface area (Å²) >= 11 is 1.75. The van der Waals surface area contributed by atoms with Crippen LogP contribution in [-0.2, 0) is 24.3 Å². The van der Waals surface area contributed by atoms with Crippen molar-refractivity contribution < 1.29 is 4.79 Å². The van der Waals surface area contributed by atoms with E-state index >= 15 is 0 Å². The van der Waals surface area contributed by atoms with Crippen molar-refractivity contribution >= 4 is 17.2 Å². The second-order valence-electron chi connectivity index (χ2n) is 8.59. The van der Waals surface area contributed by atoms with Crippen molar-refractivity contribution in [2.24, 2.45) is 5.92 Å². The normalized spacial score (nSPS) is 22.9. The summed E-state index contributed by atoms with van der Waals surface area (Å²) in [4.78, 5) is 39.5. The molecule has 1 saturated carbocycles. The summed E-state index contributed by atoms with van der Waals surface area (Å²) in [5, 5.41) is 2.09. The topological polar surface area (TPSA) is 69.3 Å². The number of nitrogens with one attached hydrogen (secondary N) is 1. The molecule has 29 heavy (non-hydrogen) atoms. The zero-order chi connectivity index (χ0) is 19.8. The van der Waals surface area contributed by atoms with E-state index in [1.807, 2.05) is 4.90 Å². The molecule has 0 bridgehead atoms. The van der Waals surface area contributed by atoms with Gasteiger partial charge in [0.05, 0.1) is 17.3 Å². The number of nitrogens with zero attached hydrogens (tertiary/aromatic N) is 3. The number of fused-ring (bicyclic) bond motifs is 1. The van der Waals surface area contributed by atoms with E-state index in [2.05, 4.69) is 27.4 Å². The highest BCUT2D eigenvalue weighted by atomic mass is 32.1. The minimum Gasteiger partial charge on any atom is -0.332 e. The van der Waals surface area contributed by atoms with Crippen LogP contribution in [0, 0.1) is 5.92 Å². The lowest BCUT2D eigenvalue weighted by atomic mass is 9.83. The largest absolute Gasteiger partial charge is 0.332 e. The van der Waals surface area contributed by atoms with Crippen LogP contribution in [0.3, 0.4) is 0 Å². The maximum atomic E-state index is 12.9. The van der Waals surface area contributed by atoms with Gasteiger partial charge in [0.2, 0.25) is 5.91 Å². The summed E-state index contributed by atoms with van der Waals surface area (Å²) in [7, 11) is 0. The standard InChI is InChI=1S/C22H28N4O2S/c27-21-17-14-25(13-16-7-4-12-29-16)11-9-18(17)23-20(24-21)19-8-1-2-10-26(19)22(28)15-5-3-6-15/h4,7,12,15,19H,1-3,5-6,8-11,13-14H2,(H,23,24,27). The van der Waals surface area contributed by atoms with E-state index in [1.54, 1.807) is 11.3 Å². The minimum absolute atomic E-state index is 0.0255. The molecule has 4 heterocycles. The summed E-state index contributed by atoms with van der Waals surface area (Å²) in [6.45, 7) is 3.22.